The Hall–Kier alpha value is -2.38. The van der Waals surface area contributed by atoms with Gasteiger partial charge in [-0.1, -0.05) is 6.07 Å². The Morgan fingerprint density at radius 1 is 1.08 bits per heavy atom. The fourth-order valence-corrected chi connectivity index (χ4v) is 2.92. The topological polar surface area (TPSA) is 79.5 Å². The zero-order valence-electron chi connectivity index (χ0n) is 14.9. The van der Waals surface area contributed by atoms with Crippen molar-refractivity contribution in [1.82, 2.24) is 5.32 Å². The number of carbonyl (C=O) groups is 2. The molecule has 7 heteroatoms. The summed E-state index contributed by atoms with van der Waals surface area (Å²) in [5.41, 5.74) is 2.41. The molecule has 2 amide bonds. The van der Waals surface area contributed by atoms with Crippen LogP contribution in [-0.2, 0) is 9.59 Å². The molecule has 3 N–H and O–H groups in total. The molecule has 0 saturated heterocycles. The summed E-state index contributed by atoms with van der Waals surface area (Å²) < 4.78 is 6.09. The smallest absolute Gasteiger partial charge is 0.238 e. The van der Waals surface area contributed by atoms with E-state index in [1.54, 1.807) is 31.4 Å². The van der Waals surface area contributed by atoms with Crippen LogP contribution in [0, 0.1) is 0 Å². The van der Waals surface area contributed by atoms with Gasteiger partial charge >= 0.3 is 0 Å². The van der Waals surface area contributed by atoms with E-state index in [-0.39, 0.29) is 24.4 Å². The van der Waals surface area contributed by atoms with Gasteiger partial charge in [0.2, 0.25) is 11.8 Å². The van der Waals surface area contributed by atoms with Gasteiger partial charge in [0, 0.05) is 24.3 Å². The lowest BCUT2D eigenvalue weighted by molar-refractivity contribution is -0.115. The maximum absolute atomic E-state index is 12.1. The lowest BCUT2D eigenvalue weighted by atomic mass is 10.1. The van der Waals surface area contributed by atoms with Crippen LogP contribution in [0.1, 0.15) is 25.5 Å². The highest BCUT2D eigenvalue weighted by atomic mass is 79.9. The van der Waals surface area contributed by atoms with Crippen molar-refractivity contribution in [3.63, 3.8) is 0 Å². The van der Waals surface area contributed by atoms with Gasteiger partial charge in [0.05, 0.1) is 18.1 Å². The average Bonchev–Trinajstić information content (AvgIpc) is 2.61. The Morgan fingerprint density at radius 3 is 2.23 bits per heavy atom. The number of nitrogens with one attached hydrogen (secondary N) is 3. The van der Waals surface area contributed by atoms with Crippen LogP contribution in [-0.4, -0.2) is 25.5 Å². The molecular weight excluding hydrogens is 398 g/mol. The van der Waals surface area contributed by atoms with Gasteiger partial charge in [0.25, 0.3) is 0 Å². The predicted molar refractivity (Wildman–Crippen MR) is 106 cm³/mol. The minimum Gasteiger partial charge on any atom is -0.496 e. The van der Waals surface area contributed by atoms with Crippen LogP contribution in [0.15, 0.2) is 46.9 Å². The molecule has 0 bridgehead atoms. The lowest BCUT2D eigenvalue weighted by Crippen LogP contribution is -2.30. The van der Waals surface area contributed by atoms with Crippen LogP contribution in [0.25, 0.3) is 0 Å². The maximum atomic E-state index is 12.1. The normalized spacial score (nSPS) is 11.5. The first-order valence-electron chi connectivity index (χ1n) is 8.13. The summed E-state index contributed by atoms with van der Waals surface area (Å²) in [6, 6.07) is 12.8. The Balaban J connectivity index is 1.86. The van der Waals surface area contributed by atoms with Gasteiger partial charge in [-0.3, -0.25) is 9.59 Å². The molecule has 1 atom stereocenters. The van der Waals surface area contributed by atoms with Gasteiger partial charge in [-0.15, -0.1) is 0 Å². The van der Waals surface area contributed by atoms with E-state index in [1.807, 2.05) is 25.1 Å². The highest BCUT2D eigenvalue weighted by Crippen LogP contribution is 2.27. The number of rotatable bonds is 7. The highest BCUT2D eigenvalue weighted by Gasteiger charge is 2.10. The molecule has 0 unspecified atom stereocenters. The molecule has 0 heterocycles. The number of amides is 2. The minimum absolute atomic E-state index is 0.00472. The summed E-state index contributed by atoms with van der Waals surface area (Å²) in [6.07, 6.45) is 0. The van der Waals surface area contributed by atoms with E-state index in [4.69, 9.17) is 4.74 Å². The number of halogens is 1. The summed E-state index contributed by atoms with van der Waals surface area (Å²) in [5, 5.41) is 8.69. The molecule has 0 saturated carbocycles. The zero-order chi connectivity index (χ0) is 19.1. The fourth-order valence-electron chi connectivity index (χ4n) is 2.36. The first-order valence-corrected chi connectivity index (χ1v) is 8.92. The standard InChI is InChI=1S/C19H22BrN3O3/c1-12(14-4-9-18(26-3)17(20)10-14)21-11-19(25)23-16-7-5-15(6-8-16)22-13(2)24/h4-10,12,21H,11H2,1-3H3,(H,22,24)(H,23,25)/t12-/m0/s1. The van der Waals surface area contributed by atoms with Gasteiger partial charge in [-0.2, -0.15) is 0 Å². The van der Waals surface area contributed by atoms with E-state index in [9.17, 15) is 9.59 Å². The molecule has 2 aromatic carbocycles. The summed E-state index contributed by atoms with van der Waals surface area (Å²) in [7, 11) is 1.62. The summed E-state index contributed by atoms with van der Waals surface area (Å²) in [6.45, 7) is 3.62. The largest absolute Gasteiger partial charge is 0.496 e. The highest BCUT2D eigenvalue weighted by molar-refractivity contribution is 9.10. The van der Waals surface area contributed by atoms with Crippen LogP contribution >= 0.6 is 15.9 Å². The van der Waals surface area contributed by atoms with Crippen LogP contribution in [0.3, 0.4) is 0 Å². The van der Waals surface area contributed by atoms with Crippen LogP contribution in [0.5, 0.6) is 5.75 Å². The molecule has 0 radical (unpaired) electrons. The summed E-state index contributed by atoms with van der Waals surface area (Å²) in [4.78, 5) is 23.1. The second-order valence-corrected chi connectivity index (χ2v) is 6.66. The fraction of sp³-hybridized carbons (Fsp3) is 0.263. The lowest BCUT2D eigenvalue weighted by Gasteiger charge is -2.15. The molecule has 2 aromatic rings. The van der Waals surface area contributed by atoms with Crippen molar-refractivity contribution in [2.45, 2.75) is 19.9 Å². The van der Waals surface area contributed by atoms with Crippen molar-refractivity contribution in [3.8, 4) is 5.75 Å². The van der Waals surface area contributed by atoms with E-state index in [1.165, 1.54) is 6.92 Å². The third kappa shape index (κ3) is 5.86. The second-order valence-electron chi connectivity index (χ2n) is 5.80. The van der Waals surface area contributed by atoms with Crippen molar-refractivity contribution < 1.29 is 14.3 Å². The molecule has 0 fully saturated rings. The van der Waals surface area contributed by atoms with Crippen molar-refractivity contribution in [1.29, 1.82) is 0 Å². The first-order chi connectivity index (χ1) is 12.4. The zero-order valence-corrected chi connectivity index (χ0v) is 16.5. The minimum atomic E-state index is -0.142. The second kappa shape index (κ2) is 9.35. The number of hydrogen-bond acceptors (Lipinski definition) is 4. The van der Waals surface area contributed by atoms with Crippen molar-refractivity contribution in [2.24, 2.45) is 0 Å². The third-order valence-electron chi connectivity index (χ3n) is 3.73. The summed E-state index contributed by atoms with van der Waals surface area (Å²) in [5.74, 6) is 0.489. The first kappa shape index (κ1) is 19.9. The molecule has 138 valence electrons. The molecule has 0 aliphatic rings. The van der Waals surface area contributed by atoms with E-state index < -0.39 is 0 Å². The molecule has 2 rings (SSSR count). The summed E-state index contributed by atoms with van der Waals surface area (Å²) >= 11 is 3.46. The number of ether oxygens (including phenoxy) is 1. The van der Waals surface area contributed by atoms with E-state index in [2.05, 4.69) is 31.9 Å². The molecule has 0 aliphatic heterocycles. The van der Waals surface area contributed by atoms with Crippen molar-refractivity contribution in [2.75, 3.05) is 24.3 Å². The SMILES string of the molecule is COc1ccc([C@H](C)NCC(=O)Nc2ccc(NC(C)=O)cc2)cc1Br. The van der Waals surface area contributed by atoms with Crippen LogP contribution in [0.2, 0.25) is 0 Å². The van der Waals surface area contributed by atoms with Gasteiger partial charge in [0.15, 0.2) is 0 Å². The van der Waals surface area contributed by atoms with E-state index in [0.29, 0.717) is 11.4 Å². The number of anilines is 2. The maximum Gasteiger partial charge on any atom is 0.238 e. The molecule has 0 aliphatic carbocycles. The Morgan fingerprint density at radius 2 is 1.69 bits per heavy atom. The predicted octanol–water partition coefficient (Wildman–Crippen LogP) is 3.71. The molecular formula is C19H22BrN3O3. The number of methoxy groups -OCH3 is 1. The Kier molecular flexibility index (Phi) is 7.17. The van der Waals surface area contributed by atoms with Crippen molar-refractivity contribution in [3.05, 3.63) is 52.5 Å². The van der Waals surface area contributed by atoms with Gasteiger partial charge in [0.1, 0.15) is 5.75 Å². The number of benzene rings is 2. The van der Waals surface area contributed by atoms with E-state index >= 15 is 0 Å². The Labute approximate surface area is 161 Å². The number of hydrogen-bond donors (Lipinski definition) is 3. The quantitative estimate of drug-likeness (QED) is 0.638. The monoisotopic (exact) mass is 419 g/mol. The van der Waals surface area contributed by atoms with Gasteiger partial charge in [-0.05, 0) is 64.8 Å². The van der Waals surface area contributed by atoms with Crippen LogP contribution in [0.4, 0.5) is 11.4 Å². The molecule has 6 nitrogen and oxygen atoms in total. The Bertz CT molecular complexity index is 778. The average molecular weight is 420 g/mol. The van der Waals surface area contributed by atoms with E-state index in [0.717, 1.165) is 15.8 Å². The molecule has 0 aromatic heterocycles. The molecule has 0 spiro atoms. The van der Waals surface area contributed by atoms with Crippen molar-refractivity contribution >= 4 is 39.1 Å². The van der Waals surface area contributed by atoms with Gasteiger partial charge in [-0.25, -0.2) is 0 Å². The number of carbonyl (C=O) groups excluding carboxylic acids is 2. The van der Waals surface area contributed by atoms with Gasteiger partial charge < -0.3 is 20.7 Å². The third-order valence-corrected chi connectivity index (χ3v) is 4.35. The molecule has 26 heavy (non-hydrogen) atoms. The van der Waals surface area contributed by atoms with Crippen LogP contribution < -0.4 is 20.7 Å².